The lowest BCUT2D eigenvalue weighted by Gasteiger charge is -2.12. The van der Waals surface area contributed by atoms with Gasteiger partial charge in [0.25, 0.3) is 0 Å². The van der Waals surface area contributed by atoms with Gasteiger partial charge in [-0.3, -0.25) is 19.6 Å². The smallest absolute Gasteiger partial charge is 0.183 e. The molecule has 10 heteroatoms. The fourth-order valence-corrected chi connectivity index (χ4v) is 5.79. The molecule has 0 saturated carbocycles. The number of nitrogens with two attached hydrogens (primary N) is 4. The van der Waals surface area contributed by atoms with Gasteiger partial charge in [0.15, 0.2) is 11.6 Å². The van der Waals surface area contributed by atoms with Gasteiger partial charge in [0, 0.05) is 22.4 Å². The van der Waals surface area contributed by atoms with E-state index in [-0.39, 0.29) is 11.6 Å². The van der Waals surface area contributed by atoms with Gasteiger partial charge in [-0.05, 0) is 101 Å². The summed E-state index contributed by atoms with van der Waals surface area (Å²) >= 11 is 0. The third-order valence-corrected chi connectivity index (χ3v) is 8.08. The quantitative estimate of drug-likeness (QED) is 0.141. The predicted octanol–water partition coefficient (Wildman–Crippen LogP) is 3.16. The van der Waals surface area contributed by atoms with Gasteiger partial charge in [-0.1, -0.05) is 12.8 Å². The molecule has 10 nitrogen and oxygen atoms in total. The number of fused-ring (bicyclic) bond motifs is 8. The zero-order valence-electron chi connectivity index (χ0n) is 24.1. The van der Waals surface area contributed by atoms with E-state index in [0.29, 0.717) is 72.3 Å². The van der Waals surface area contributed by atoms with Crippen molar-refractivity contribution in [3.63, 3.8) is 0 Å². The Hall–Kier alpha value is -3.70. The minimum absolute atomic E-state index is 0.168. The molecule has 0 radical (unpaired) electrons. The maximum atomic E-state index is 13.9. The Morgan fingerprint density at radius 1 is 0.667 bits per heavy atom. The zero-order valence-corrected chi connectivity index (χ0v) is 24.1. The second kappa shape index (κ2) is 13.5. The Morgan fingerprint density at radius 2 is 1.12 bits per heavy atom. The number of unbranched alkanes of at least 4 members (excludes halogenated alkanes) is 2. The van der Waals surface area contributed by atoms with Crippen LogP contribution in [-0.4, -0.2) is 56.7 Å². The van der Waals surface area contributed by atoms with Gasteiger partial charge in [0.2, 0.25) is 0 Å². The van der Waals surface area contributed by atoms with Crippen LogP contribution in [0.4, 0.5) is 0 Å². The molecule has 0 unspecified atom stereocenters. The number of aryl methyl sites for hydroxylation is 4. The molecule has 2 aliphatic rings. The molecule has 5 rings (SSSR count). The Balaban J connectivity index is 1.74. The van der Waals surface area contributed by atoms with Crippen molar-refractivity contribution in [3.05, 3.63) is 70.3 Å². The molecular weight excluding hydrogens is 528 g/mol. The van der Waals surface area contributed by atoms with Crippen LogP contribution in [0.25, 0.3) is 22.1 Å². The standard InChI is InChI=1S/C32H42N8O2/c33-15-3-1-5-23(35)31(41)29-25-11-9-21(38-25)17-19-7-8-20(37-19)18-22-10-12-26(39-22)30(28-14-13-27(29)40-28)32(42)24(36)6-2-4-16-34/h9-12,17-18,23-24,38-39H,1-8,13-16,33-36H2/t23-,24-/m0/s1. The fourth-order valence-electron chi connectivity index (χ4n) is 5.79. The number of hydrogen-bond donors (Lipinski definition) is 6. The van der Waals surface area contributed by atoms with Crippen molar-refractivity contribution in [3.8, 4) is 0 Å². The molecule has 42 heavy (non-hydrogen) atoms. The lowest BCUT2D eigenvalue weighted by Crippen LogP contribution is -2.31. The molecule has 2 atom stereocenters. The van der Waals surface area contributed by atoms with E-state index in [1.807, 2.05) is 36.4 Å². The van der Waals surface area contributed by atoms with Crippen LogP contribution >= 0.6 is 0 Å². The lowest BCUT2D eigenvalue weighted by atomic mass is 9.96. The van der Waals surface area contributed by atoms with Crippen molar-refractivity contribution >= 4 is 33.6 Å². The van der Waals surface area contributed by atoms with E-state index in [2.05, 4.69) is 9.97 Å². The van der Waals surface area contributed by atoms with Crippen LogP contribution in [0, 0.1) is 0 Å². The van der Waals surface area contributed by atoms with Crippen molar-refractivity contribution in [2.24, 2.45) is 22.9 Å². The molecule has 8 bridgehead atoms. The molecule has 222 valence electrons. The molecular formula is C32H42N8O2. The maximum Gasteiger partial charge on any atom is 0.183 e. The van der Waals surface area contributed by atoms with Crippen molar-refractivity contribution in [1.82, 2.24) is 19.9 Å². The average Bonchev–Trinajstić information content (AvgIpc) is 3.79. The third kappa shape index (κ3) is 6.68. The summed E-state index contributed by atoms with van der Waals surface area (Å²) in [6.07, 6.45) is 6.86. The van der Waals surface area contributed by atoms with Gasteiger partial charge >= 0.3 is 0 Å². The minimum atomic E-state index is -0.682. The minimum Gasteiger partial charge on any atom is -0.355 e. The van der Waals surface area contributed by atoms with Gasteiger partial charge < -0.3 is 32.9 Å². The number of carbonyl (C=O) groups is 2. The van der Waals surface area contributed by atoms with Crippen LogP contribution in [0.5, 0.6) is 0 Å². The first kappa shape index (κ1) is 29.8. The van der Waals surface area contributed by atoms with Crippen LogP contribution in [0.1, 0.15) is 82.0 Å². The van der Waals surface area contributed by atoms with E-state index in [1.54, 1.807) is 0 Å². The van der Waals surface area contributed by atoms with Crippen LogP contribution in [0.15, 0.2) is 36.4 Å². The number of carbonyl (C=O) groups excluding carboxylic acids is 2. The highest BCUT2D eigenvalue weighted by Crippen LogP contribution is 2.26. The summed E-state index contributed by atoms with van der Waals surface area (Å²) in [6.45, 7) is 1.11. The highest BCUT2D eigenvalue weighted by atomic mass is 16.1. The molecule has 0 fully saturated rings. The molecule has 3 aromatic rings. The number of ketones is 2. The summed E-state index contributed by atoms with van der Waals surface area (Å²) in [5, 5.41) is 0. The van der Waals surface area contributed by atoms with E-state index < -0.39 is 12.1 Å². The van der Waals surface area contributed by atoms with Crippen molar-refractivity contribution in [2.45, 2.75) is 76.3 Å². The largest absolute Gasteiger partial charge is 0.355 e. The Kier molecular flexibility index (Phi) is 9.58. The highest BCUT2D eigenvalue weighted by molar-refractivity contribution is 6.08. The first-order chi connectivity index (χ1) is 20.4. The molecule has 3 aromatic heterocycles. The van der Waals surface area contributed by atoms with E-state index in [0.717, 1.165) is 60.9 Å². The van der Waals surface area contributed by atoms with E-state index in [1.165, 1.54) is 0 Å². The maximum absolute atomic E-state index is 13.9. The highest BCUT2D eigenvalue weighted by Gasteiger charge is 2.27. The van der Waals surface area contributed by atoms with E-state index in [9.17, 15) is 9.59 Å². The van der Waals surface area contributed by atoms with Crippen LogP contribution in [-0.2, 0) is 25.7 Å². The summed E-state index contributed by atoms with van der Waals surface area (Å²) in [5.41, 5.74) is 31.3. The summed E-state index contributed by atoms with van der Waals surface area (Å²) < 4.78 is 0. The summed E-state index contributed by atoms with van der Waals surface area (Å²) in [6, 6.07) is 10.4. The number of Topliss-reactive ketones (excluding diaryl/α,β-unsaturated/α-hetero) is 2. The lowest BCUT2D eigenvalue weighted by molar-refractivity contribution is 0.0949. The van der Waals surface area contributed by atoms with Crippen LogP contribution in [0.3, 0.4) is 0 Å². The van der Waals surface area contributed by atoms with E-state index in [4.69, 9.17) is 32.9 Å². The van der Waals surface area contributed by atoms with Crippen LogP contribution in [0.2, 0.25) is 0 Å². The summed E-state index contributed by atoms with van der Waals surface area (Å²) in [7, 11) is 0. The molecule has 0 aromatic carbocycles. The number of nitrogens with zero attached hydrogens (tertiary/aromatic N) is 2. The number of rotatable bonds is 12. The van der Waals surface area contributed by atoms with Gasteiger partial charge in [-0.25, -0.2) is 0 Å². The van der Waals surface area contributed by atoms with Gasteiger partial charge in [-0.15, -0.1) is 0 Å². The Bertz CT molecular complexity index is 1490. The average molecular weight is 571 g/mol. The topological polar surface area (TPSA) is 196 Å². The molecule has 5 heterocycles. The number of hydrogen-bond acceptors (Lipinski definition) is 8. The van der Waals surface area contributed by atoms with Gasteiger partial charge in [0.05, 0.1) is 45.6 Å². The molecule has 0 saturated heterocycles. The fraction of sp³-hybridized carbons (Fsp3) is 0.438. The molecule has 10 N–H and O–H groups in total. The number of aromatic nitrogens is 4. The Labute approximate surface area is 245 Å². The molecule has 0 spiro atoms. The van der Waals surface area contributed by atoms with Crippen LogP contribution < -0.4 is 22.9 Å². The summed E-state index contributed by atoms with van der Waals surface area (Å²) in [4.78, 5) is 44.3. The predicted molar refractivity (Wildman–Crippen MR) is 166 cm³/mol. The van der Waals surface area contributed by atoms with Crippen molar-refractivity contribution < 1.29 is 9.59 Å². The first-order valence-electron chi connectivity index (χ1n) is 15.1. The summed E-state index contributed by atoms with van der Waals surface area (Å²) in [5.74, 6) is -0.336. The Morgan fingerprint density at radius 3 is 1.55 bits per heavy atom. The molecule has 0 aliphatic carbocycles. The first-order valence-corrected chi connectivity index (χ1v) is 15.1. The van der Waals surface area contributed by atoms with Gasteiger partial charge in [-0.2, -0.15) is 0 Å². The monoisotopic (exact) mass is 570 g/mol. The molecule has 0 amide bonds. The normalized spacial score (nSPS) is 14.6. The third-order valence-electron chi connectivity index (χ3n) is 8.08. The molecule has 2 aliphatic heterocycles. The van der Waals surface area contributed by atoms with E-state index >= 15 is 0 Å². The number of aromatic amines is 2. The second-order valence-corrected chi connectivity index (χ2v) is 11.3. The van der Waals surface area contributed by atoms with Crippen molar-refractivity contribution in [2.75, 3.05) is 13.1 Å². The second-order valence-electron chi connectivity index (χ2n) is 11.3. The van der Waals surface area contributed by atoms with Crippen molar-refractivity contribution in [1.29, 1.82) is 0 Å². The number of nitrogens with one attached hydrogen (secondary N) is 2. The SMILES string of the molecule is NCCCC[C@H](N)C(=O)c1c2nc(c(C(=O)[C@@H](N)CCCCN)c3ccc(cc4nc(cc5ccc1[nH]5)CC4)[nH]3)CC2. The zero-order chi connectivity index (χ0) is 29.6. The number of H-pyrrole nitrogens is 2. The van der Waals surface area contributed by atoms with Gasteiger partial charge in [0.1, 0.15) is 0 Å².